The SMILES string of the molecule is CCOC(=O)N1C[C@H]2CCC(N)C[C@H]2C1. The van der Waals surface area contributed by atoms with Crippen LogP contribution in [0.15, 0.2) is 0 Å². The maximum absolute atomic E-state index is 11.5. The van der Waals surface area contributed by atoms with Crippen molar-refractivity contribution in [1.82, 2.24) is 4.90 Å². The standard InChI is InChI=1S/C11H20N2O2/c1-2-15-11(14)13-6-8-3-4-10(12)5-9(8)7-13/h8-10H,2-7,12H2,1H3/t8-,9+,10?/m1/s1. The minimum absolute atomic E-state index is 0.152. The third-order valence-electron chi connectivity index (χ3n) is 3.62. The first-order chi connectivity index (χ1) is 7.20. The minimum atomic E-state index is -0.152. The Labute approximate surface area is 90.8 Å². The molecule has 15 heavy (non-hydrogen) atoms. The first-order valence-corrected chi connectivity index (χ1v) is 5.88. The van der Waals surface area contributed by atoms with E-state index in [1.54, 1.807) is 0 Å². The molecule has 4 nitrogen and oxygen atoms in total. The summed E-state index contributed by atoms with van der Waals surface area (Å²) in [4.78, 5) is 13.4. The quantitative estimate of drug-likeness (QED) is 0.710. The van der Waals surface area contributed by atoms with E-state index in [1.807, 2.05) is 11.8 Å². The van der Waals surface area contributed by atoms with Gasteiger partial charge < -0.3 is 15.4 Å². The second kappa shape index (κ2) is 4.39. The van der Waals surface area contributed by atoms with Gasteiger partial charge in [0.1, 0.15) is 0 Å². The molecular weight excluding hydrogens is 192 g/mol. The molecule has 2 rings (SSSR count). The van der Waals surface area contributed by atoms with Crippen LogP contribution < -0.4 is 5.73 Å². The second-order valence-corrected chi connectivity index (χ2v) is 4.70. The number of ether oxygens (including phenoxy) is 1. The largest absolute Gasteiger partial charge is 0.450 e. The lowest BCUT2D eigenvalue weighted by Crippen LogP contribution is -2.32. The van der Waals surface area contributed by atoms with E-state index in [4.69, 9.17) is 10.5 Å². The van der Waals surface area contributed by atoms with Crippen molar-refractivity contribution in [3.8, 4) is 0 Å². The number of nitrogens with two attached hydrogens (primary N) is 1. The maximum Gasteiger partial charge on any atom is 0.409 e. The second-order valence-electron chi connectivity index (χ2n) is 4.70. The van der Waals surface area contributed by atoms with Crippen LogP contribution in [0.3, 0.4) is 0 Å². The zero-order valence-corrected chi connectivity index (χ0v) is 9.32. The molecule has 0 aromatic rings. The molecule has 2 fully saturated rings. The topological polar surface area (TPSA) is 55.6 Å². The van der Waals surface area contributed by atoms with Crippen molar-refractivity contribution in [2.24, 2.45) is 17.6 Å². The fraction of sp³-hybridized carbons (Fsp3) is 0.909. The summed E-state index contributed by atoms with van der Waals surface area (Å²) in [5.41, 5.74) is 5.94. The van der Waals surface area contributed by atoms with E-state index in [2.05, 4.69) is 0 Å². The molecule has 1 unspecified atom stereocenters. The van der Waals surface area contributed by atoms with Crippen molar-refractivity contribution in [3.63, 3.8) is 0 Å². The van der Waals surface area contributed by atoms with E-state index < -0.39 is 0 Å². The number of fused-ring (bicyclic) bond motifs is 1. The summed E-state index contributed by atoms with van der Waals surface area (Å²) in [6, 6.07) is 0.341. The van der Waals surface area contributed by atoms with Gasteiger partial charge in [-0.3, -0.25) is 0 Å². The number of nitrogens with zero attached hydrogens (tertiary/aromatic N) is 1. The summed E-state index contributed by atoms with van der Waals surface area (Å²) >= 11 is 0. The predicted octanol–water partition coefficient (Wildman–Crippen LogP) is 1.20. The fourth-order valence-corrected chi connectivity index (χ4v) is 2.83. The highest BCUT2D eigenvalue weighted by Crippen LogP contribution is 2.35. The van der Waals surface area contributed by atoms with Crippen LogP contribution in [0.2, 0.25) is 0 Å². The molecule has 0 bridgehead atoms. The molecule has 0 aromatic heterocycles. The molecule has 2 N–H and O–H groups in total. The molecular formula is C11H20N2O2. The van der Waals surface area contributed by atoms with Gasteiger partial charge >= 0.3 is 6.09 Å². The highest BCUT2D eigenvalue weighted by molar-refractivity contribution is 5.68. The summed E-state index contributed by atoms with van der Waals surface area (Å²) < 4.78 is 5.01. The number of rotatable bonds is 1. The monoisotopic (exact) mass is 212 g/mol. The summed E-state index contributed by atoms with van der Waals surface area (Å²) in [5.74, 6) is 1.27. The Morgan fingerprint density at radius 3 is 2.87 bits per heavy atom. The van der Waals surface area contributed by atoms with Crippen LogP contribution in [0.1, 0.15) is 26.2 Å². The normalized spacial score (nSPS) is 35.1. The molecule has 0 spiro atoms. The first-order valence-electron chi connectivity index (χ1n) is 5.88. The van der Waals surface area contributed by atoms with Gasteiger partial charge in [0.15, 0.2) is 0 Å². The molecule has 0 aromatic carbocycles. The van der Waals surface area contributed by atoms with E-state index in [9.17, 15) is 4.79 Å². The first kappa shape index (κ1) is 10.7. The Morgan fingerprint density at radius 2 is 2.13 bits per heavy atom. The lowest BCUT2D eigenvalue weighted by Gasteiger charge is -2.27. The van der Waals surface area contributed by atoms with Crippen molar-refractivity contribution in [2.75, 3.05) is 19.7 Å². The van der Waals surface area contributed by atoms with E-state index >= 15 is 0 Å². The lowest BCUT2D eigenvalue weighted by molar-refractivity contribution is 0.114. The minimum Gasteiger partial charge on any atom is -0.450 e. The van der Waals surface area contributed by atoms with E-state index in [1.165, 1.54) is 6.42 Å². The summed E-state index contributed by atoms with van der Waals surface area (Å²) in [6.07, 6.45) is 3.20. The van der Waals surface area contributed by atoms with Crippen LogP contribution in [-0.4, -0.2) is 36.7 Å². The third-order valence-corrected chi connectivity index (χ3v) is 3.62. The van der Waals surface area contributed by atoms with Gasteiger partial charge in [0.2, 0.25) is 0 Å². The molecule has 3 atom stereocenters. The molecule has 1 amide bonds. The molecule has 1 aliphatic carbocycles. The van der Waals surface area contributed by atoms with Crippen LogP contribution in [0.5, 0.6) is 0 Å². The Balaban J connectivity index is 1.90. The maximum atomic E-state index is 11.5. The molecule has 2 aliphatic rings. The zero-order chi connectivity index (χ0) is 10.8. The van der Waals surface area contributed by atoms with Crippen LogP contribution in [0, 0.1) is 11.8 Å². The van der Waals surface area contributed by atoms with Crippen LogP contribution in [0.4, 0.5) is 4.79 Å². The predicted molar refractivity (Wildman–Crippen MR) is 57.4 cm³/mol. The van der Waals surface area contributed by atoms with Crippen molar-refractivity contribution in [1.29, 1.82) is 0 Å². The average Bonchev–Trinajstić information content (AvgIpc) is 2.60. The van der Waals surface area contributed by atoms with Gasteiger partial charge in [-0.2, -0.15) is 0 Å². The van der Waals surface area contributed by atoms with Crippen molar-refractivity contribution in [2.45, 2.75) is 32.2 Å². The fourth-order valence-electron chi connectivity index (χ4n) is 2.83. The lowest BCUT2D eigenvalue weighted by atomic mass is 9.79. The Kier molecular flexibility index (Phi) is 3.14. The number of likely N-dealkylation sites (tertiary alicyclic amines) is 1. The van der Waals surface area contributed by atoms with E-state index in [0.717, 1.165) is 25.9 Å². The Hall–Kier alpha value is -0.770. The average molecular weight is 212 g/mol. The molecule has 1 aliphatic heterocycles. The summed E-state index contributed by atoms with van der Waals surface area (Å²) in [7, 11) is 0. The van der Waals surface area contributed by atoms with Crippen LogP contribution >= 0.6 is 0 Å². The molecule has 1 heterocycles. The number of amides is 1. The van der Waals surface area contributed by atoms with Crippen molar-refractivity contribution < 1.29 is 9.53 Å². The zero-order valence-electron chi connectivity index (χ0n) is 9.32. The highest BCUT2D eigenvalue weighted by atomic mass is 16.6. The van der Waals surface area contributed by atoms with Gasteiger partial charge in [-0.25, -0.2) is 4.79 Å². The highest BCUT2D eigenvalue weighted by Gasteiger charge is 2.38. The number of hydrogen-bond acceptors (Lipinski definition) is 3. The summed E-state index contributed by atoms with van der Waals surface area (Å²) in [6.45, 7) is 4.02. The van der Waals surface area contributed by atoms with E-state index in [-0.39, 0.29) is 6.09 Å². The Morgan fingerprint density at radius 1 is 1.40 bits per heavy atom. The van der Waals surface area contributed by atoms with Gasteiger partial charge in [0.05, 0.1) is 6.61 Å². The number of carbonyl (C=O) groups is 1. The van der Waals surface area contributed by atoms with Gasteiger partial charge in [0, 0.05) is 19.1 Å². The van der Waals surface area contributed by atoms with Crippen LogP contribution in [-0.2, 0) is 4.74 Å². The molecule has 0 radical (unpaired) electrons. The molecule has 1 saturated carbocycles. The van der Waals surface area contributed by atoms with Gasteiger partial charge in [-0.15, -0.1) is 0 Å². The third kappa shape index (κ3) is 2.25. The Bertz CT molecular complexity index is 245. The summed E-state index contributed by atoms with van der Waals surface area (Å²) in [5, 5.41) is 0. The van der Waals surface area contributed by atoms with E-state index in [0.29, 0.717) is 24.5 Å². The van der Waals surface area contributed by atoms with Crippen molar-refractivity contribution in [3.05, 3.63) is 0 Å². The van der Waals surface area contributed by atoms with Gasteiger partial charge in [-0.1, -0.05) is 0 Å². The number of hydrogen-bond donors (Lipinski definition) is 1. The van der Waals surface area contributed by atoms with Crippen molar-refractivity contribution >= 4 is 6.09 Å². The van der Waals surface area contributed by atoms with Crippen LogP contribution in [0.25, 0.3) is 0 Å². The van der Waals surface area contributed by atoms with Gasteiger partial charge in [-0.05, 0) is 38.0 Å². The van der Waals surface area contributed by atoms with Gasteiger partial charge in [0.25, 0.3) is 0 Å². The smallest absolute Gasteiger partial charge is 0.409 e. The molecule has 1 saturated heterocycles. The number of carbonyl (C=O) groups excluding carboxylic acids is 1. The molecule has 86 valence electrons. The molecule has 4 heteroatoms.